The highest BCUT2D eigenvalue weighted by Crippen LogP contribution is 2.27. The molecule has 3 heterocycles. The van der Waals surface area contributed by atoms with Crippen molar-refractivity contribution in [2.45, 2.75) is 57.6 Å². The van der Waals surface area contributed by atoms with E-state index < -0.39 is 18.1 Å². The van der Waals surface area contributed by atoms with Gasteiger partial charge in [0.1, 0.15) is 5.75 Å². The summed E-state index contributed by atoms with van der Waals surface area (Å²) in [4.78, 5) is 60.7. The minimum absolute atomic E-state index is 0.0311. The van der Waals surface area contributed by atoms with Gasteiger partial charge in [-0.15, -0.1) is 0 Å². The lowest BCUT2D eigenvalue weighted by atomic mass is 9.97. The van der Waals surface area contributed by atoms with Crippen molar-refractivity contribution >= 4 is 51.5 Å². The van der Waals surface area contributed by atoms with E-state index in [2.05, 4.69) is 42.7 Å². The zero-order valence-electron chi connectivity index (χ0n) is 27.6. The second kappa shape index (κ2) is 17.3. The number of aromatic hydroxyl groups is 1. The number of phenols is 1. The summed E-state index contributed by atoms with van der Waals surface area (Å²) in [5.74, 6) is 1.92. The Morgan fingerprint density at radius 1 is 1.08 bits per heavy atom. The third-order valence-electron chi connectivity index (χ3n) is 9.10. The molecule has 4 amide bonds. The Kier molecular flexibility index (Phi) is 12.7. The second-order valence-electron chi connectivity index (χ2n) is 12.4. The molecule has 0 saturated carbocycles. The third-order valence-corrected chi connectivity index (χ3v) is 9.73. The fraction of sp³-hybridized carbons (Fsp3) is 0.472. The molecule has 5 rings (SSSR count). The second-order valence-corrected chi connectivity index (χ2v) is 13.3. The van der Waals surface area contributed by atoms with Crippen molar-refractivity contribution in [2.24, 2.45) is 10.9 Å². The maximum atomic E-state index is 13.3. The molecule has 0 aliphatic carbocycles. The molecular weight excluding hydrogens is 694 g/mol. The fourth-order valence-electron chi connectivity index (χ4n) is 6.35. The van der Waals surface area contributed by atoms with Gasteiger partial charge in [-0.05, 0) is 109 Å². The number of para-hydroxylation sites is 1. The maximum absolute atomic E-state index is 13.3. The summed E-state index contributed by atoms with van der Waals surface area (Å²) in [5.41, 5.74) is 5.44. The Labute approximate surface area is 294 Å². The maximum Gasteiger partial charge on any atom is 0.410 e. The van der Waals surface area contributed by atoms with Crippen molar-refractivity contribution in [1.82, 2.24) is 14.7 Å². The van der Waals surface area contributed by atoms with Gasteiger partial charge in [-0.1, -0.05) is 30.0 Å². The van der Waals surface area contributed by atoms with Gasteiger partial charge < -0.3 is 29.7 Å². The number of hydrogen-bond donors (Lipinski definition) is 2. The number of amides is 4. The van der Waals surface area contributed by atoms with Crippen LogP contribution in [0.1, 0.15) is 43.7 Å². The highest BCUT2D eigenvalue weighted by Gasteiger charge is 2.33. The zero-order valence-corrected chi connectivity index (χ0v) is 29.2. The predicted octanol–water partition coefficient (Wildman–Crippen LogP) is 4.94. The molecular formula is C36H42BrN5O7. The van der Waals surface area contributed by atoms with Gasteiger partial charge in [-0.2, -0.15) is 4.99 Å². The molecule has 49 heavy (non-hydrogen) atoms. The van der Waals surface area contributed by atoms with Gasteiger partial charge in [-0.3, -0.25) is 14.5 Å². The normalized spacial score (nSPS) is 17.8. The number of allylic oxidation sites excluding steroid dienone is 1. The van der Waals surface area contributed by atoms with Crippen LogP contribution in [-0.2, 0) is 31.9 Å². The summed E-state index contributed by atoms with van der Waals surface area (Å²) in [6.45, 7) is 5.25. The minimum Gasteiger partial charge on any atom is -0.507 e. The molecule has 2 aromatic carbocycles. The van der Waals surface area contributed by atoms with Crippen molar-refractivity contribution in [1.29, 1.82) is 0 Å². The van der Waals surface area contributed by atoms with Gasteiger partial charge in [0.15, 0.2) is 6.10 Å². The molecule has 260 valence electrons. The van der Waals surface area contributed by atoms with Crippen molar-refractivity contribution in [3.8, 4) is 5.75 Å². The predicted molar refractivity (Wildman–Crippen MR) is 187 cm³/mol. The molecule has 2 fully saturated rings. The summed E-state index contributed by atoms with van der Waals surface area (Å²) in [6.07, 6.45) is 3.56. The number of piperidine rings is 2. The van der Waals surface area contributed by atoms with E-state index in [1.807, 2.05) is 35.2 Å². The number of hydrogen-bond acceptors (Lipinski definition) is 8. The first-order valence-corrected chi connectivity index (χ1v) is 17.5. The average Bonchev–Trinajstić information content (AvgIpc) is 3.26. The number of ether oxygens (including phenoxy) is 2. The number of carbonyl (C=O) groups is 4. The number of fused-ring (bicyclic) bond motifs is 1. The van der Waals surface area contributed by atoms with E-state index in [4.69, 9.17) is 9.47 Å². The monoisotopic (exact) mass is 735 g/mol. The smallest absolute Gasteiger partial charge is 0.410 e. The number of benzene rings is 2. The van der Waals surface area contributed by atoms with E-state index in [1.54, 1.807) is 24.0 Å². The number of rotatable bonds is 9. The van der Waals surface area contributed by atoms with Crippen LogP contribution in [0.15, 0.2) is 63.7 Å². The highest BCUT2D eigenvalue weighted by atomic mass is 79.9. The Morgan fingerprint density at radius 2 is 1.84 bits per heavy atom. The lowest BCUT2D eigenvalue weighted by Gasteiger charge is -2.37. The van der Waals surface area contributed by atoms with E-state index >= 15 is 0 Å². The van der Waals surface area contributed by atoms with Crippen LogP contribution in [0.4, 0.5) is 15.3 Å². The molecule has 13 heteroatoms. The zero-order chi connectivity index (χ0) is 34.8. The molecule has 12 nitrogen and oxygen atoms in total. The van der Waals surface area contributed by atoms with E-state index in [-0.39, 0.29) is 42.7 Å². The van der Waals surface area contributed by atoms with Crippen LogP contribution < -0.4 is 5.32 Å². The Morgan fingerprint density at radius 3 is 2.57 bits per heavy atom. The van der Waals surface area contributed by atoms with Gasteiger partial charge in [0, 0.05) is 43.7 Å². The van der Waals surface area contributed by atoms with E-state index in [1.165, 1.54) is 6.07 Å². The topological polar surface area (TPSA) is 141 Å². The molecule has 0 radical (unpaired) electrons. The Bertz CT molecular complexity index is 1620. The number of nitrogens with one attached hydrogen (secondary N) is 1. The minimum atomic E-state index is -1.23. The van der Waals surface area contributed by atoms with Crippen LogP contribution in [0.2, 0.25) is 0 Å². The number of phenolic OH excluding ortho intramolecular Hbond substituents is 1. The summed E-state index contributed by atoms with van der Waals surface area (Å²) in [6, 6.07) is 12.4. The quantitative estimate of drug-likeness (QED) is 0.210. The Hall–Kier alpha value is -4.41. The van der Waals surface area contributed by atoms with Crippen molar-refractivity contribution < 1.29 is 33.8 Å². The van der Waals surface area contributed by atoms with Crippen molar-refractivity contribution in [2.75, 3.05) is 51.2 Å². The number of carbonyl (C=O) groups excluding carboxylic acids is 4. The van der Waals surface area contributed by atoms with E-state index in [0.29, 0.717) is 49.1 Å². The fourth-order valence-corrected chi connectivity index (χ4v) is 6.77. The molecule has 3 aliphatic rings. The molecule has 1 atom stereocenters. The van der Waals surface area contributed by atoms with Crippen LogP contribution >= 0.6 is 15.9 Å². The first-order chi connectivity index (χ1) is 23.7. The number of anilines is 1. The van der Waals surface area contributed by atoms with Gasteiger partial charge in [0.25, 0.3) is 5.91 Å². The Balaban J connectivity index is 1.18. The largest absolute Gasteiger partial charge is 0.507 e. The molecule has 3 aliphatic heterocycles. The third kappa shape index (κ3) is 10.1. The summed E-state index contributed by atoms with van der Waals surface area (Å²) < 4.78 is 11.2. The molecule has 2 aromatic rings. The van der Waals surface area contributed by atoms with Crippen molar-refractivity contribution in [3.63, 3.8) is 0 Å². The summed E-state index contributed by atoms with van der Waals surface area (Å²) in [7, 11) is 0. The van der Waals surface area contributed by atoms with Crippen LogP contribution in [0, 0.1) is 5.92 Å². The average molecular weight is 737 g/mol. The summed E-state index contributed by atoms with van der Waals surface area (Å²) in [5, 5.41) is 12.9. The molecule has 0 bridgehead atoms. The number of nitrogens with zero attached hydrogens (tertiary/aromatic N) is 4. The van der Waals surface area contributed by atoms with E-state index in [0.717, 1.165) is 43.6 Å². The number of likely N-dealkylation sites (tertiary alicyclic amines) is 2. The molecule has 2 saturated heterocycles. The van der Waals surface area contributed by atoms with Gasteiger partial charge in [0.05, 0.1) is 17.6 Å². The number of esters is 1. The van der Waals surface area contributed by atoms with E-state index in [9.17, 15) is 24.3 Å². The van der Waals surface area contributed by atoms with Gasteiger partial charge >= 0.3 is 18.1 Å². The van der Waals surface area contributed by atoms with Gasteiger partial charge in [-0.25, -0.2) is 9.59 Å². The standard InChI is InChI=1S/C36H42BrN5O7/c1-2-48-33(44)24-40-17-11-25(12-18-40)6-5-16-38-34(45)32(23-26-9-10-31(43)29(37)22-26)49-36(47)41-19-14-28(15-20-41)42-21-13-27-7-3-4-8-30(27)39-35(42)46/h3-4,6-10,22,25,28,32,43H,2,11-15,17-21,23-24H2,1H3,(H,39,46)/t32-/m1/s1. The lowest BCUT2D eigenvalue weighted by molar-refractivity contribution is -0.144. The van der Waals surface area contributed by atoms with Crippen LogP contribution in [0.5, 0.6) is 5.75 Å². The molecule has 2 N–H and O–H groups in total. The molecule has 0 spiro atoms. The number of halogens is 1. The van der Waals surface area contributed by atoms with Crippen LogP contribution in [0.25, 0.3) is 0 Å². The lowest BCUT2D eigenvalue weighted by Crippen LogP contribution is -2.50. The number of aliphatic imine (C=N–C) groups is 1. The SMILES string of the molecule is CCOC(=O)CN1CCC(C=C=C=NC(=O)[C@@H](Cc2ccc(O)c(Br)c2)OC(=O)N2CCC(N3CCc4ccccc4NC3=O)CC2)CC1. The van der Waals surface area contributed by atoms with Crippen molar-refractivity contribution in [3.05, 3.63) is 69.9 Å². The number of urea groups is 1. The first kappa shape index (κ1) is 35.9. The van der Waals surface area contributed by atoms with Crippen LogP contribution in [-0.4, -0.2) is 108 Å². The highest BCUT2D eigenvalue weighted by molar-refractivity contribution is 9.10. The molecule has 0 aromatic heterocycles. The van der Waals surface area contributed by atoms with Gasteiger partial charge in [0.2, 0.25) is 0 Å². The molecule has 0 unspecified atom stereocenters. The first-order valence-electron chi connectivity index (χ1n) is 16.7. The summed E-state index contributed by atoms with van der Waals surface area (Å²) >= 11 is 3.29. The van der Waals surface area contributed by atoms with Crippen LogP contribution in [0.3, 0.4) is 0 Å².